The molecule has 6 aliphatic heterocycles. The molecule has 10 atom stereocenters. The molecule has 350 valence electrons. The second kappa shape index (κ2) is 15.4. The minimum absolute atomic E-state index is 0.154. The first kappa shape index (κ1) is 44.1. The molecule has 3 aromatic rings. The number of H-pyrrole nitrogens is 1. The van der Waals surface area contributed by atoms with E-state index >= 15 is 13.6 Å². The molecule has 3 saturated heterocycles. The molecule has 7 heterocycles. The van der Waals surface area contributed by atoms with Crippen molar-refractivity contribution in [1.29, 1.82) is 0 Å². The van der Waals surface area contributed by atoms with Crippen molar-refractivity contribution in [3.8, 4) is 5.75 Å². The van der Waals surface area contributed by atoms with Crippen LogP contribution in [0.15, 0.2) is 42.5 Å². The lowest BCUT2D eigenvalue weighted by molar-refractivity contribution is -0.228. The maximum atomic E-state index is 15.6. The molecule has 15 heteroatoms. The Hall–Kier alpha value is -4.73. The second-order valence-corrected chi connectivity index (χ2v) is 20.2. The van der Waals surface area contributed by atoms with Crippen molar-refractivity contribution < 1.29 is 47.2 Å². The Kier molecular flexibility index (Phi) is 10.5. The molecule has 7 aliphatic rings. The molecule has 13 nitrogen and oxygen atoms in total. The molecule has 1 aromatic heterocycles. The number of fused-ring (bicyclic) bond motifs is 6. The Bertz CT molecular complexity index is 2470. The fraction of sp³-hybridized carbons (Fsp3) is 0.620. The SMILES string of the molecule is CC[C@]12C=CCN3CC[C@@]4(c5cc([C@@]6(C(=O)OC)C[C@H]7CC(C(C)(F)F)CN(CCc8c6[nH]c6ccc(N9CCCC9)cc86)C7)c(OC)cc5N(C)[C@H]4[C@@](O)(C(=O)OC)[C@@H]1OC(C)=O)[C@@H]32. The van der Waals surface area contributed by atoms with Crippen LogP contribution in [-0.4, -0.2) is 142 Å². The Balaban J connectivity index is 1.27. The molecular weight excluding hydrogens is 837 g/mol. The summed E-state index contributed by atoms with van der Waals surface area (Å²) in [6.45, 7) is 8.73. The first-order valence-corrected chi connectivity index (χ1v) is 23.5. The number of aromatic nitrogens is 1. The average molecular weight is 900 g/mol. The number of rotatable bonds is 8. The van der Waals surface area contributed by atoms with Crippen LogP contribution in [-0.2, 0) is 45.8 Å². The number of carbonyl (C=O) groups is 3. The van der Waals surface area contributed by atoms with Crippen LogP contribution in [0, 0.1) is 17.3 Å². The van der Waals surface area contributed by atoms with Crippen LogP contribution in [0.2, 0.25) is 0 Å². The van der Waals surface area contributed by atoms with Gasteiger partial charge in [-0.3, -0.25) is 14.5 Å². The number of hydrogen-bond donors (Lipinski definition) is 2. The highest BCUT2D eigenvalue weighted by Crippen LogP contribution is 2.68. The van der Waals surface area contributed by atoms with Gasteiger partial charge in [-0.1, -0.05) is 19.1 Å². The smallest absolute Gasteiger partial charge is 0.344 e. The zero-order valence-corrected chi connectivity index (χ0v) is 38.7. The van der Waals surface area contributed by atoms with E-state index in [1.165, 1.54) is 21.1 Å². The molecule has 2 N–H and O–H groups in total. The van der Waals surface area contributed by atoms with E-state index in [4.69, 9.17) is 18.9 Å². The van der Waals surface area contributed by atoms with Gasteiger partial charge < -0.3 is 43.7 Å². The van der Waals surface area contributed by atoms with Crippen molar-refractivity contribution in [2.24, 2.45) is 17.3 Å². The summed E-state index contributed by atoms with van der Waals surface area (Å²) in [5, 5.41) is 14.4. The molecular formula is C50H63F2N5O8. The van der Waals surface area contributed by atoms with Gasteiger partial charge in [0.15, 0.2) is 6.10 Å². The molecule has 65 heavy (non-hydrogen) atoms. The van der Waals surface area contributed by atoms with E-state index in [0.717, 1.165) is 60.6 Å². The fourth-order valence-electron chi connectivity index (χ4n) is 14.6. The van der Waals surface area contributed by atoms with Crippen LogP contribution in [0.1, 0.15) is 81.7 Å². The summed E-state index contributed by atoms with van der Waals surface area (Å²) in [5.41, 5.74) is -0.378. The average Bonchev–Trinajstić information content (AvgIpc) is 4.10. The number of esters is 3. The van der Waals surface area contributed by atoms with Gasteiger partial charge in [0.2, 0.25) is 11.5 Å². The number of carbonyl (C=O) groups excluding carboxylic acids is 3. The Morgan fingerprint density at radius 3 is 2.40 bits per heavy atom. The number of alkyl halides is 2. The molecule has 4 fully saturated rings. The van der Waals surface area contributed by atoms with Gasteiger partial charge in [-0.15, -0.1) is 0 Å². The first-order chi connectivity index (χ1) is 31.0. The largest absolute Gasteiger partial charge is 0.496 e. The van der Waals surface area contributed by atoms with Crippen molar-refractivity contribution in [3.05, 3.63) is 64.9 Å². The number of nitrogens with one attached hydrogen (secondary N) is 1. The Labute approximate surface area is 379 Å². The van der Waals surface area contributed by atoms with Gasteiger partial charge in [0.25, 0.3) is 0 Å². The lowest BCUT2D eigenvalue weighted by Crippen LogP contribution is -2.81. The Morgan fingerprint density at radius 1 is 0.969 bits per heavy atom. The number of ether oxygens (including phenoxy) is 4. The third-order valence-electron chi connectivity index (χ3n) is 17.1. The van der Waals surface area contributed by atoms with E-state index in [-0.39, 0.29) is 31.3 Å². The summed E-state index contributed by atoms with van der Waals surface area (Å²) < 4.78 is 55.1. The normalized spacial score (nSPS) is 35.0. The number of methoxy groups -OCH3 is 3. The number of aromatic amines is 1. The molecule has 1 saturated carbocycles. The number of nitrogens with zero attached hydrogens (tertiary/aromatic N) is 4. The summed E-state index contributed by atoms with van der Waals surface area (Å²) in [5.74, 6) is -5.91. The van der Waals surface area contributed by atoms with Crippen molar-refractivity contribution in [2.75, 3.05) is 84.0 Å². The molecule has 2 aromatic carbocycles. The van der Waals surface area contributed by atoms with Gasteiger partial charge in [-0.2, -0.15) is 0 Å². The van der Waals surface area contributed by atoms with E-state index in [2.05, 4.69) is 37.9 Å². The van der Waals surface area contributed by atoms with Crippen LogP contribution < -0.4 is 14.5 Å². The minimum Gasteiger partial charge on any atom is -0.496 e. The molecule has 2 bridgehead atoms. The zero-order chi connectivity index (χ0) is 46.0. The first-order valence-electron chi connectivity index (χ1n) is 23.5. The van der Waals surface area contributed by atoms with Gasteiger partial charge in [-0.05, 0) is 99.7 Å². The highest BCUT2D eigenvalue weighted by atomic mass is 19.3. The highest BCUT2D eigenvalue weighted by molar-refractivity contribution is 5.96. The van der Waals surface area contributed by atoms with Crippen LogP contribution in [0.3, 0.4) is 0 Å². The predicted molar refractivity (Wildman–Crippen MR) is 241 cm³/mol. The summed E-state index contributed by atoms with van der Waals surface area (Å²) in [7, 11) is 6.01. The van der Waals surface area contributed by atoms with E-state index in [1.54, 1.807) is 7.11 Å². The molecule has 10 rings (SSSR count). The standard InChI is InChI=1S/C50H63F2N5O8/c1-8-47-15-11-19-57-21-16-48(41(47)57)35-24-36(39(62-5)25-38(35)54(4)42(48)50(61,45(60)64-7)43(47)65-29(2)58)49(44(59)63-6)26-30-22-31(46(3,51)52)28-55(27-30)20-14-33-34-23-32(56-17-9-10-18-56)12-13-37(34)53-40(33)49/h11-13,15,23-25,30-31,41-43,53,61H,8-10,14,16-22,26-28H2,1-7H3/t30-,31?,41+,42-,43-,47-,48-,49+,50+/m1/s1. The quantitative estimate of drug-likeness (QED) is 0.163. The maximum Gasteiger partial charge on any atom is 0.344 e. The zero-order valence-electron chi connectivity index (χ0n) is 38.7. The van der Waals surface area contributed by atoms with Gasteiger partial charge in [0, 0.05) is 116 Å². The van der Waals surface area contributed by atoms with E-state index in [0.29, 0.717) is 68.1 Å². The number of hydrogen-bond acceptors (Lipinski definition) is 12. The number of aliphatic hydroxyl groups is 1. The van der Waals surface area contributed by atoms with Crippen molar-refractivity contribution in [1.82, 2.24) is 14.8 Å². The fourth-order valence-corrected chi connectivity index (χ4v) is 14.6. The van der Waals surface area contributed by atoms with E-state index < -0.39 is 63.7 Å². The minimum atomic E-state index is -2.94. The van der Waals surface area contributed by atoms with Crippen LogP contribution in [0.25, 0.3) is 10.9 Å². The molecule has 1 spiro atoms. The number of piperidine rings is 1. The Morgan fingerprint density at radius 2 is 1.72 bits per heavy atom. The summed E-state index contributed by atoms with van der Waals surface area (Å²) in [6.07, 6.45) is 6.78. The molecule has 0 amide bonds. The lowest BCUT2D eigenvalue weighted by Gasteiger charge is -2.63. The van der Waals surface area contributed by atoms with Gasteiger partial charge in [-0.25, -0.2) is 13.6 Å². The summed E-state index contributed by atoms with van der Waals surface area (Å²) >= 11 is 0. The van der Waals surface area contributed by atoms with Crippen LogP contribution >= 0.6 is 0 Å². The van der Waals surface area contributed by atoms with Gasteiger partial charge >= 0.3 is 17.9 Å². The number of benzene rings is 2. The van der Waals surface area contributed by atoms with Gasteiger partial charge in [0.05, 0.1) is 27.4 Å². The topological polar surface area (TPSA) is 137 Å². The van der Waals surface area contributed by atoms with Crippen molar-refractivity contribution in [3.63, 3.8) is 0 Å². The maximum absolute atomic E-state index is 15.6. The molecule has 2 unspecified atom stereocenters. The summed E-state index contributed by atoms with van der Waals surface area (Å²) in [4.78, 5) is 55.7. The third kappa shape index (κ3) is 6.05. The monoisotopic (exact) mass is 899 g/mol. The highest BCUT2D eigenvalue weighted by Gasteiger charge is 2.80. The van der Waals surface area contributed by atoms with Crippen molar-refractivity contribution in [2.45, 2.75) is 106 Å². The third-order valence-corrected chi connectivity index (χ3v) is 17.1. The van der Waals surface area contributed by atoms with Crippen molar-refractivity contribution >= 4 is 40.2 Å². The van der Waals surface area contributed by atoms with Crippen LogP contribution in [0.4, 0.5) is 20.2 Å². The molecule has 1 aliphatic carbocycles. The lowest BCUT2D eigenvalue weighted by atomic mass is 9.47. The number of likely N-dealkylation sites (N-methyl/N-ethyl adjacent to an activating group) is 1. The summed E-state index contributed by atoms with van der Waals surface area (Å²) in [6, 6.07) is 9.01. The van der Waals surface area contributed by atoms with Gasteiger partial charge in [0.1, 0.15) is 11.2 Å². The molecule has 0 radical (unpaired) electrons. The number of halogens is 2. The van der Waals surface area contributed by atoms with E-state index in [9.17, 15) is 14.7 Å². The van der Waals surface area contributed by atoms with Crippen LogP contribution in [0.5, 0.6) is 5.75 Å². The number of anilines is 2. The predicted octanol–water partition coefficient (Wildman–Crippen LogP) is 5.72. The van der Waals surface area contributed by atoms with E-state index in [1.807, 2.05) is 43.2 Å². The second-order valence-electron chi connectivity index (χ2n) is 20.2.